The van der Waals surface area contributed by atoms with Gasteiger partial charge in [0.25, 0.3) is 0 Å². The van der Waals surface area contributed by atoms with E-state index < -0.39 is 0 Å². The maximum absolute atomic E-state index is 4.04. The van der Waals surface area contributed by atoms with E-state index in [1.807, 2.05) is 18.7 Å². The summed E-state index contributed by atoms with van der Waals surface area (Å²) in [4.78, 5) is 6.60. The molecule has 1 aliphatic heterocycles. The predicted octanol–water partition coefficient (Wildman–Crippen LogP) is 1.35. The number of hydrogen-bond donors (Lipinski definition) is 1. The van der Waals surface area contributed by atoms with Gasteiger partial charge in [0.2, 0.25) is 0 Å². The fourth-order valence-corrected chi connectivity index (χ4v) is 2.45. The van der Waals surface area contributed by atoms with Gasteiger partial charge in [-0.15, -0.1) is 0 Å². The zero-order valence-electron chi connectivity index (χ0n) is 10.8. The van der Waals surface area contributed by atoms with Crippen LogP contribution in [0.3, 0.4) is 0 Å². The summed E-state index contributed by atoms with van der Waals surface area (Å²) >= 11 is 0. The van der Waals surface area contributed by atoms with Crippen LogP contribution in [0.2, 0.25) is 0 Å². The molecule has 0 radical (unpaired) electrons. The van der Waals surface area contributed by atoms with Crippen molar-refractivity contribution in [2.45, 2.75) is 38.8 Å². The Labute approximate surface area is 104 Å². The molecule has 4 heteroatoms. The highest BCUT2D eigenvalue weighted by atomic mass is 15.2. The van der Waals surface area contributed by atoms with Gasteiger partial charge in [0, 0.05) is 31.5 Å². The molecule has 0 amide bonds. The van der Waals surface area contributed by atoms with Crippen LogP contribution < -0.4 is 5.32 Å². The Morgan fingerprint density at radius 2 is 2.18 bits per heavy atom. The highest BCUT2D eigenvalue weighted by Crippen LogP contribution is 2.07. The molecule has 0 bridgehead atoms. The van der Waals surface area contributed by atoms with Crippen molar-refractivity contribution in [1.29, 1.82) is 0 Å². The number of hydrogen-bond acceptors (Lipinski definition) is 3. The van der Waals surface area contributed by atoms with E-state index in [0.717, 1.165) is 13.1 Å². The Balaban J connectivity index is 1.52. The summed E-state index contributed by atoms with van der Waals surface area (Å²) in [5.41, 5.74) is 0. The van der Waals surface area contributed by atoms with Crippen LogP contribution in [-0.4, -0.2) is 46.7 Å². The van der Waals surface area contributed by atoms with E-state index in [9.17, 15) is 0 Å². The quantitative estimate of drug-likeness (QED) is 0.725. The average Bonchev–Trinajstić information content (AvgIpc) is 2.96. The van der Waals surface area contributed by atoms with Crippen LogP contribution in [0, 0.1) is 0 Å². The molecule has 2 rings (SSSR count). The van der Waals surface area contributed by atoms with Gasteiger partial charge in [-0.3, -0.25) is 0 Å². The van der Waals surface area contributed by atoms with Gasteiger partial charge in [-0.05, 0) is 45.8 Å². The summed E-state index contributed by atoms with van der Waals surface area (Å²) in [6.07, 6.45) is 9.67. The van der Waals surface area contributed by atoms with Crippen molar-refractivity contribution in [2.75, 3.05) is 26.2 Å². The van der Waals surface area contributed by atoms with Crippen molar-refractivity contribution >= 4 is 0 Å². The summed E-state index contributed by atoms with van der Waals surface area (Å²) in [7, 11) is 0. The van der Waals surface area contributed by atoms with E-state index in [4.69, 9.17) is 0 Å². The van der Waals surface area contributed by atoms with Gasteiger partial charge in [0.05, 0.1) is 6.33 Å². The fourth-order valence-electron chi connectivity index (χ4n) is 2.45. The van der Waals surface area contributed by atoms with Crippen molar-refractivity contribution in [3.63, 3.8) is 0 Å². The van der Waals surface area contributed by atoms with Crippen LogP contribution in [0.15, 0.2) is 18.7 Å². The number of nitrogens with one attached hydrogen (secondary N) is 1. The highest BCUT2D eigenvalue weighted by molar-refractivity contribution is 4.75. The lowest BCUT2D eigenvalue weighted by molar-refractivity contribution is 0.298. The van der Waals surface area contributed by atoms with E-state index in [0.29, 0.717) is 6.04 Å². The first-order valence-corrected chi connectivity index (χ1v) is 6.76. The van der Waals surface area contributed by atoms with Crippen molar-refractivity contribution in [3.8, 4) is 0 Å². The lowest BCUT2D eigenvalue weighted by Gasteiger charge is -2.21. The Hall–Kier alpha value is -0.870. The third-order valence-electron chi connectivity index (χ3n) is 3.38. The molecule has 1 fully saturated rings. The molecule has 2 heterocycles. The number of nitrogens with zero attached hydrogens (tertiary/aromatic N) is 3. The summed E-state index contributed by atoms with van der Waals surface area (Å²) in [6, 6.07) is 0.607. The maximum atomic E-state index is 4.04. The van der Waals surface area contributed by atoms with Crippen LogP contribution in [0.4, 0.5) is 0 Å². The molecule has 1 N–H and O–H groups in total. The second-order valence-electron chi connectivity index (χ2n) is 5.02. The van der Waals surface area contributed by atoms with E-state index in [-0.39, 0.29) is 0 Å². The lowest BCUT2D eigenvalue weighted by atomic mass is 10.3. The third-order valence-corrected chi connectivity index (χ3v) is 3.38. The van der Waals surface area contributed by atoms with Crippen LogP contribution in [0.1, 0.15) is 26.2 Å². The molecule has 96 valence electrons. The monoisotopic (exact) mass is 236 g/mol. The van der Waals surface area contributed by atoms with Crippen molar-refractivity contribution in [1.82, 2.24) is 19.8 Å². The first-order chi connectivity index (χ1) is 8.34. The van der Waals surface area contributed by atoms with Gasteiger partial charge in [-0.1, -0.05) is 0 Å². The first kappa shape index (κ1) is 12.6. The van der Waals surface area contributed by atoms with E-state index >= 15 is 0 Å². The Morgan fingerprint density at radius 3 is 2.88 bits per heavy atom. The van der Waals surface area contributed by atoms with Crippen LogP contribution >= 0.6 is 0 Å². The predicted molar refractivity (Wildman–Crippen MR) is 70.0 cm³/mol. The average molecular weight is 236 g/mol. The van der Waals surface area contributed by atoms with Gasteiger partial charge in [0.1, 0.15) is 0 Å². The number of rotatable bonds is 7. The minimum absolute atomic E-state index is 0.607. The molecule has 1 aromatic rings. The third kappa shape index (κ3) is 4.48. The molecule has 1 atom stereocenters. The van der Waals surface area contributed by atoms with Crippen molar-refractivity contribution in [3.05, 3.63) is 18.7 Å². The highest BCUT2D eigenvalue weighted by Gasteiger charge is 2.13. The Morgan fingerprint density at radius 1 is 1.35 bits per heavy atom. The first-order valence-electron chi connectivity index (χ1n) is 6.76. The molecule has 0 saturated carbocycles. The van der Waals surface area contributed by atoms with Gasteiger partial charge >= 0.3 is 0 Å². The van der Waals surface area contributed by atoms with Gasteiger partial charge < -0.3 is 14.8 Å². The Bertz CT molecular complexity index is 290. The molecule has 1 unspecified atom stereocenters. The van der Waals surface area contributed by atoms with Crippen LogP contribution in [0.25, 0.3) is 0 Å². The number of aromatic nitrogens is 2. The summed E-state index contributed by atoms with van der Waals surface area (Å²) < 4.78 is 2.13. The minimum atomic E-state index is 0.607. The van der Waals surface area contributed by atoms with Crippen LogP contribution in [-0.2, 0) is 6.54 Å². The summed E-state index contributed by atoms with van der Waals surface area (Å²) in [5.74, 6) is 0. The summed E-state index contributed by atoms with van der Waals surface area (Å²) in [6.45, 7) is 8.22. The largest absolute Gasteiger partial charge is 0.337 e. The smallest absolute Gasteiger partial charge is 0.0945 e. The normalized spacial score (nSPS) is 18.6. The zero-order valence-corrected chi connectivity index (χ0v) is 10.8. The molecular weight excluding hydrogens is 212 g/mol. The topological polar surface area (TPSA) is 33.1 Å². The number of likely N-dealkylation sites (tertiary alicyclic amines) is 1. The van der Waals surface area contributed by atoms with Gasteiger partial charge in [0.15, 0.2) is 0 Å². The van der Waals surface area contributed by atoms with Crippen molar-refractivity contribution in [2.24, 2.45) is 0 Å². The molecule has 0 spiro atoms. The Kier molecular flexibility index (Phi) is 5.01. The SMILES string of the molecule is CC(CN1CCCC1)NCCCn1ccnc1. The number of imidazole rings is 1. The lowest BCUT2D eigenvalue weighted by Crippen LogP contribution is -2.38. The van der Waals surface area contributed by atoms with Gasteiger partial charge in [-0.25, -0.2) is 4.98 Å². The zero-order chi connectivity index (χ0) is 11.9. The second kappa shape index (κ2) is 6.77. The molecule has 1 saturated heterocycles. The summed E-state index contributed by atoms with van der Waals surface area (Å²) in [5, 5.41) is 3.60. The number of aryl methyl sites for hydroxylation is 1. The van der Waals surface area contributed by atoms with E-state index in [1.165, 1.54) is 38.9 Å². The maximum Gasteiger partial charge on any atom is 0.0945 e. The van der Waals surface area contributed by atoms with Crippen LogP contribution in [0.5, 0.6) is 0 Å². The molecule has 17 heavy (non-hydrogen) atoms. The molecule has 1 aliphatic rings. The molecule has 1 aromatic heterocycles. The second-order valence-corrected chi connectivity index (χ2v) is 5.02. The molecule has 4 nitrogen and oxygen atoms in total. The van der Waals surface area contributed by atoms with E-state index in [2.05, 4.69) is 26.7 Å². The van der Waals surface area contributed by atoms with Gasteiger partial charge in [-0.2, -0.15) is 0 Å². The van der Waals surface area contributed by atoms with Crippen molar-refractivity contribution < 1.29 is 0 Å². The van der Waals surface area contributed by atoms with E-state index in [1.54, 1.807) is 0 Å². The standard InChI is InChI=1S/C13H24N4/c1-13(11-16-7-2-3-8-16)15-5-4-9-17-10-6-14-12-17/h6,10,12-13,15H,2-5,7-9,11H2,1H3. The molecular formula is C13H24N4. The molecule has 0 aromatic carbocycles. The minimum Gasteiger partial charge on any atom is -0.337 e. The molecule has 0 aliphatic carbocycles. The fraction of sp³-hybridized carbons (Fsp3) is 0.769.